The molecule has 0 N–H and O–H groups in total. The topological polar surface area (TPSA) is 47.3 Å². The standard InChI is InChI=1S/C10H17N3O/c1-12(2)10(14)9-5-3-7-13(9)8-4-6-11/h9H,3-5,7-8H2,1-2H3/t9-/m0/s1. The van der Waals surface area contributed by atoms with Crippen molar-refractivity contribution in [3.8, 4) is 6.07 Å². The average molecular weight is 195 g/mol. The number of nitriles is 1. The van der Waals surface area contributed by atoms with Crippen molar-refractivity contribution >= 4 is 5.91 Å². The van der Waals surface area contributed by atoms with Crippen LogP contribution in [0, 0.1) is 11.3 Å². The molecule has 0 unspecified atom stereocenters. The van der Waals surface area contributed by atoms with Crippen molar-refractivity contribution in [1.82, 2.24) is 9.80 Å². The third-order valence-electron chi connectivity index (χ3n) is 2.60. The van der Waals surface area contributed by atoms with Gasteiger partial charge in [0.15, 0.2) is 0 Å². The van der Waals surface area contributed by atoms with Crippen molar-refractivity contribution in [3.05, 3.63) is 0 Å². The third-order valence-corrected chi connectivity index (χ3v) is 2.60. The molecule has 14 heavy (non-hydrogen) atoms. The molecule has 0 radical (unpaired) electrons. The predicted octanol–water partition coefficient (Wildman–Crippen LogP) is 0.453. The van der Waals surface area contributed by atoms with E-state index in [0.717, 1.165) is 25.9 Å². The lowest BCUT2D eigenvalue weighted by atomic mass is 10.2. The van der Waals surface area contributed by atoms with Gasteiger partial charge in [-0.1, -0.05) is 0 Å². The second-order valence-electron chi connectivity index (χ2n) is 3.83. The Labute approximate surface area is 85.1 Å². The van der Waals surface area contributed by atoms with Crippen LogP contribution >= 0.6 is 0 Å². The summed E-state index contributed by atoms with van der Waals surface area (Å²) >= 11 is 0. The van der Waals surface area contributed by atoms with Gasteiger partial charge in [-0.15, -0.1) is 0 Å². The van der Waals surface area contributed by atoms with Crippen molar-refractivity contribution < 1.29 is 4.79 Å². The molecular formula is C10H17N3O. The summed E-state index contributed by atoms with van der Waals surface area (Å²) in [7, 11) is 3.56. The molecule has 78 valence electrons. The first-order valence-electron chi connectivity index (χ1n) is 4.99. The van der Waals surface area contributed by atoms with Gasteiger partial charge in [-0.3, -0.25) is 9.69 Å². The van der Waals surface area contributed by atoms with Crippen LogP contribution in [-0.2, 0) is 4.79 Å². The predicted molar refractivity (Wildman–Crippen MR) is 53.5 cm³/mol. The molecule has 0 aliphatic carbocycles. The second kappa shape index (κ2) is 4.97. The molecular weight excluding hydrogens is 178 g/mol. The van der Waals surface area contributed by atoms with Gasteiger partial charge in [0.1, 0.15) is 0 Å². The minimum Gasteiger partial charge on any atom is -0.347 e. The van der Waals surface area contributed by atoms with Crippen LogP contribution in [0.3, 0.4) is 0 Å². The number of nitrogens with zero attached hydrogens (tertiary/aromatic N) is 3. The Kier molecular flexibility index (Phi) is 3.90. The number of carbonyl (C=O) groups excluding carboxylic acids is 1. The van der Waals surface area contributed by atoms with E-state index in [4.69, 9.17) is 5.26 Å². The number of likely N-dealkylation sites (tertiary alicyclic amines) is 1. The Bertz CT molecular complexity index is 244. The summed E-state index contributed by atoms with van der Waals surface area (Å²) in [5.41, 5.74) is 0. The summed E-state index contributed by atoms with van der Waals surface area (Å²) < 4.78 is 0. The summed E-state index contributed by atoms with van der Waals surface area (Å²) in [6.45, 7) is 1.67. The van der Waals surface area contributed by atoms with Crippen LogP contribution in [-0.4, -0.2) is 48.9 Å². The zero-order valence-corrected chi connectivity index (χ0v) is 8.86. The molecule has 1 rings (SSSR count). The fourth-order valence-corrected chi connectivity index (χ4v) is 1.87. The molecule has 1 heterocycles. The first-order chi connectivity index (χ1) is 6.66. The largest absolute Gasteiger partial charge is 0.347 e. The molecule has 4 heteroatoms. The van der Waals surface area contributed by atoms with E-state index in [2.05, 4.69) is 11.0 Å². The quantitative estimate of drug-likeness (QED) is 0.657. The van der Waals surface area contributed by atoms with Crippen LogP contribution in [0.5, 0.6) is 0 Å². The summed E-state index contributed by atoms with van der Waals surface area (Å²) in [5, 5.41) is 8.49. The van der Waals surface area contributed by atoms with E-state index in [9.17, 15) is 4.79 Å². The number of hydrogen-bond acceptors (Lipinski definition) is 3. The first kappa shape index (κ1) is 11.0. The van der Waals surface area contributed by atoms with Gasteiger partial charge >= 0.3 is 0 Å². The van der Waals surface area contributed by atoms with Gasteiger partial charge in [0.25, 0.3) is 0 Å². The van der Waals surface area contributed by atoms with Gasteiger partial charge < -0.3 is 4.90 Å². The van der Waals surface area contributed by atoms with Gasteiger partial charge in [-0.05, 0) is 19.4 Å². The molecule has 0 bridgehead atoms. The average Bonchev–Trinajstić information content (AvgIpc) is 2.61. The summed E-state index contributed by atoms with van der Waals surface area (Å²) in [6.07, 6.45) is 2.51. The van der Waals surface area contributed by atoms with Gasteiger partial charge in [0.2, 0.25) is 5.91 Å². The van der Waals surface area contributed by atoms with Crippen molar-refractivity contribution in [2.75, 3.05) is 27.2 Å². The Morgan fingerprint density at radius 3 is 2.93 bits per heavy atom. The third kappa shape index (κ3) is 2.46. The van der Waals surface area contributed by atoms with Gasteiger partial charge in [-0.2, -0.15) is 5.26 Å². The summed E-state index contributed by atoms with van der Waals surface area (Å²) in [5.74, 6) is 0.167. The normalized spacial score (nSPS) is 21.9. The number of hydrogen-bond donors (Lipinski definition) is 0. The molecule has 1 atom stereocenters. The minimum atomic E-state index is 0.0124. The van der Waals surface area contributed by atoms with E-state index in [1.54, 1.807) is 19.0 Å². The lowest BCUT2D eigenvalue weighted by molar-refractivity contribution is -0.133. The highest BCUT2D eigenvalue weighted by atomic mass is 16.2. The van der Waals surface area contributed by atoms with Crippen LogP contribution in [0.15, 0.2) is 0 Å². The lowest BCUT2D eigenvalue weighted by Gasteiger charge is -2.25. The van der Waals surface area contributed by atoms with Crippen molar-refractivity contribution in [1.29, 1.82) is 5.26 Å². The van der Waals surface area contributed by atoms with Gasteiger partial charge in [0.05, 0.1) is 12.1 Å². The molecule has 1 amide bonds. The zero-order chi connectivity index (χ0) is 10.6. The molecule has 4 nitrogen and oxygen atoms in total. The van der Waals surface area contributed by atoms with E-state index in [0.29, 0.717) is 6.42 Å². The Morgan fingerprint density at radius 1 is 1.64 bits per heavy atom. The van der Waals surface area contributed by atoms with E-state index in [1.165, 1.54) is 0 Å². The SMILES string of the molecule is CN(C)C(=O)[C@@H]1CCCN1CCC#N. The molecule has 0 saturated carbocycles. The fraction of sp³-hybridized carbons (Fsp3) is 0.800. The van der Waals surface area contributed by atoms with Gasteiger partial charge in [0, 0.05) is 27.1 Å². The highest BCUT2D eigenvalue weighted by Gasteiger charge is 2.30. The molecule has 0 aromatic heterocycles. The van der Waals surface area contributed by atoms with E-state index < -0.39 is 0 Å². The molecule has 1 saturated heterocycles. The highest BCUT2D eigenvalue weighted by molar-refractivity contribution is 5.81. The van der Waals surface area contributed by atoms with E-state index >= 15 is 0 Å². The van der Waals surface area contributed by atoms with Crippen LogP contribution in [0.2, 0.25) is 0 Å². The van der Waals surface area contributed by atoms with E-state index in [1.807, 2.05) is 0 Å². The second-order valence-corrected chi connectivity index (χ2v) is 3.83. The van der Waals surface area contributed by atoms with Crippen LogP contribution in [0.4, 0.5) is 0 Å². The summed E-state index contributed by atoms with van der Waals surface area (Å²) in [4.78, 5) is 15.5. The maximum Gasteiger partial charge on any atom is 0.239 e. The molecule has 0 spiro atoms. The maximum atomic E-state index is 11.7. The number of carbonyl (C=O) groups is 1. The smallest absolute Gasteiger partial charge is 0.239 e. The van der Waals surface area contributed by atoms with Crippen molar-refractivity contribution in [2.45, 2.75) is 25.3 Å². The molecule has 0 aromatic carbocycles. The Morgan fingerprint density at radius 2 is 2.36 bits per heavy atom. The monoisotopic (exact) mass is 195 g/mol. The van der Waals surface area contributed by atoms with E-state index in [-0.39, 0.29) is 11.9 Å². The Hall–Kier alpha value is -1.08. The molecule has 1 aliphatic heterocycles. The minimum absolute atomic E-state index is 0.0124. The first-order valence-corrected chi connectivity index (χ1v) is 4.99. The highest BCUT2D eigenvalue weighted by Crippen LogP contribution is 2.18. The summed E-state index contributed by atoms with van der Waals surface area (Å²) in [6, 6.07) is 2.13. The van der Waals surface area contributed by atoms with Gasteiger partial charge in [-0.25, -0.2) is 0 Å². The Balaban J connectivity index is 2.51. The maximum absolute atomic E-state index is 11.7. The van der Waals surface area contributed by atoms with Crippen molar-refractivity contribution in [3.63, 3.8) is 0 Å². The zero-order valence-electron chi connectivity index (χ0n) is 8.86. The molecule has 1 fully saturated rings. The van der Waals surface area contributed by atoms with Crippen LogP contribution < -0.4 is 0 Å². The lowest BCUT2D eigenvalue weighted by Crippen LogP contribution is -2.42. The number of rotatable bonds is 3. The molecule has 0 aromatic rings. The van der Waals surface area contributed by atoms with Crippen LogP contribution in [0.25, 0.3) is 0 Å². The van der Waals surface area contributed by atoms with Crippen LogP contribution in [0.1, 0.15) is 19.3 Å². The number of amides is 1. The molecule has 1 aliphatic rings. The van der Waals surface area contributed by atoms with Crippen molar-refractivity contribution in [2.24, 2.45) is 0 Å². The number of likely N-dealkylation sites (N-methyl/N-ethyl adjacent to an activating group) is 1. The fourth-order valence-electron chi connectivity index (χ4n) is 1.87.